The lowest BCUT2D eigenvalue weighted by molar-refractivity contribution is -0.134. The molecular formula is C19H17N3O2. The van der Waals surface area contributed by atoms with Crippen LogP contribution in [0.4, 0.5) is 5.82 Å². The van der Waals surface area contributed by atoms with Crippen molar-refractivity contribution >= 4 is 11.8 Å². The lowest BCUT2D eigenvalue weighted by atomic mass is 10.1. The minimum Gasteiger partial charge on any atom is -0.480 e. The molecule has 0 bridgehead atoms. The van der Waals surface area contributed by atoms with Crippen molar-refractivity contribution in [2.24, 2.45) is 0 Å². The molecule has 0 fully saturated rings. The van der Waals surface area contributed by atoms with Crippen LogP contribution in [0.25, 0.3) is 11.3 Å². The lowest BCUT2D eigenvalue weighted by Crippen LogP contribution is -2.15. The average Bonchev–Trinajstić information content (AvgIpc) is 2.62. The molecule has 2 N–H and O–H groups in total. The molecule has 3 rings (SSSR count). The quantitative estimate of drug-likeness (QED) is 0.729. The fraction of sp³-hybridized carbons (Fsp3) is 0.105. The third-order valence-corrected chi connectivity index (χ3v) is 3.54. The van der Waals surface area contributed by atoms with Gasteiger partial charge in [-0.2, -0.15) is 0 Å². The molecule has 5 heteroatoms. The van der Waals surface area contributed by atoms with Gasteiger partial charge < -0.3 is 10.4 Å². The van der Waals surface area contributed by atoms with Crippen molar-refractivity contribution in [1.82, 2.24) is 9.97 Å². The molecule has 0 aliphatic carbocycles. The predicted molar refractivity (Wildman–Crippen MR) is 92.8 cm³/mol. The Labute approximate surface area is 140 Å². The van der Waals surface area contributed by atoms with Gasteiger partial charge >= 0.3 is 5.97 Å². The molecular weight excluding hydrogens is 302 g/mol. The number of hydrogen-bond donors (Lipinski definition) is 2. The first-order valence-corrected chi connectivity index (χ1v) is 7.63. The van der Waals surface area contributed by atoms with Crippen molar-refractivity contribution in [3.8, 4) is 11.3 Å². The molecule has 24 heavy (non-hydrogen) atoms. The molecule has 0 amide bonds. The van der Waals surface area contributed by atoms with E-state index in [-0.39, 0.29) is 6.54 Å². The first-order chi connectivity index (χ1) is 11.7. The van der Waals surface area contributed by atoms with Crippen LogP contribution in [-0.4, -0.2) is 27.6 Å². The monoisotopic (exact) mass is 319 g/mol. The number of hydrogen-bond acceptors (Lipinski definition) is 4. The summed E-state index contributed by atoms with van der Waals surface area (Å²) in [5.41, 5.74) is 3.56. The SMILES string of the molecule is O=C(O)CNc1ncc(-c2ccccc2)nc1Cc1ccccc1. The van der Waals surface area contributed by atoms with Crippen LogP contribution in [0.5, 0.6) is 0 Å². The van der Waals surface area contributed by atoms with Crippen molar-refractivity contribution < 1.29 is 9.90 Å². The van der Waals surface area contributed by atoms with Gasteiger partial charge in [0, 0.05) is 12.0 Å². The second-order valence-corrected chi connectivity index (χ2v) is 5.33. The maximum absolute atomic E-state index is 10.8. The summed E-state index contributed by atoms with van der Waals surface area (Å²) in [6.45, 7) is -0.193. The molecule has 0 spiro atoms. The molecule has 0 saturated heterocycles. The fourth-order valence-corrected chi connectivity index (χ4v) is 2.39. The van der Waals surface area contributed by atoms with Gasteiger partial charge in [0.15, 0.2) is 0 Å². The Balaban J connectivity index is 1.95. The number of benzene rings is 2. The van der Waals surface area contributed by atoms with Gasteiger partial charge in [-0.25, -0.2) is 9.97 Å². The molecule has 0 unspecified atom stereocenters. The Morgan fingerprint density at radius 1 is 1.00 bits per heavy atom. The van der Waals surface area contributed by atoms with Crippen LogP contribution in [0.3, 0.4) is 0 Å². The summed E-state index contributed by atoms with van der Waals surface area (Å²) < 4.78 is 0. The summed E-state index contributed by atoms with van der Waals surface area (Å²) in [6.07, 6.45) is 2.24. The maximum atomic E-state index is 10.8. The molecule has 120 valence electrons. The smallest absolute Gasteiger partial charge is 0.322 e. The topological polar surface area (TPSA) is 75.1 Å². The highest BCUT2D eigenvalue weighted by molar-refractivity contribution is 5.72. The minimum absolute atomic E-state index is 0.193. The Bertz CT molecular complexity index is 821. The summed E-state index contributed by atoms with van der Waals surface area (Å²) in [6, 6.07) is 19.7. The summed E-state index contributed by atoms with van der Waals surface area (Å²) in [7, 11) is 0. The number of nitrogens with one attached hydrogen (secondary N) is 1. The van der Waals surface area contributed by atoms with Gasteiger partial charge in [0.1, 0.15) is 12.4 Å². The number of rotatable bonds is 6. The van der Waals surface area contributed by atoms with Crippen LogP contribution < -0.4 is 5.32 Å². The molecule has 3 aromatic rings. The van der Waals surface area contributed by atoms with Gasteiger partial charge in [-0.15, -0.1) is 0 Å². The number of aliphatic carboxylic acids is 1. The predicted octanol–water partition coefficient (Wildman–Crippen LogP) is 3.23. The van der Waals surface area contributed by atoms with Crippen LogP contribution in [0, 0.1) is 0 Å². The Kier molecular flexibility index (Phi) is 4.81. The van der Waals surface area contributed by atoms with E-state index in [1.807, 2.05) is 60.7 Å². The van der Waals surface area contributed by atoms with Crippen LogP contribution in [0.1, 0.15) is 11.3 Å². The summed E-state index contributed by atoms with van der Waals surface area (Å²) in [4.78, 5) is 19.9. The van der Waals surface area contributed by atoms with Crippen molar-refractivity contribution in [2.45, 2.75) is 6.42 Å². The minimum atomic E-state index is -0.936. The van der Waals surface area contributed by atoms with Crippen LogP contribution in [0.2, 0.25) is 0 Å². The number of aromatic nitrogens is 2. The van der Waals surface area contributed by atoms with Crippen LogP contribution >= 0.6 is 0 Å². The third kappa shape index (κ3) is 3.95. The molecule has 0 aliphatic heterocycles. The van der Waals surface area contributed by atoms with E-state index >= 15 is 0 Å². The summed E-state index contributed by atoms with van der Waals surface area (Å²) in [5.74, 6) is -0.435. The molecule has 0 atom stereocenters. The van der Waals surface area contributed by atoms with Crippen LogP contribution in [-0.2, 0) is 11.2 Å². The second-order valence-electron chi connectivity index (χ2n) is 5.33. The molecule has 5 nitrogen and oxygen atoms in total. The van der Waals surface area contributed by atoms with Gasteiger partial charge in [-0.05, 0) is 5.56 Å². The van der Waals surface area contributed by atoms with Crippen molar-refractivity contribution in [2.75, 3.05) is 11.9 Å². The maximum Gasteiger partial charge on any atom is 0.322 e. The van der Waals surface area contributed by atoms with E-state index in [0.717, 1.165) is 22.5 Å². The highest BCUT2D eigenvalue weighted by Crippen LogP contribution is 2.21. The third-order valence-electron chi connectivity index (χ3n) is 3.54. The molecule has 0 saturated carbocycles. The molecule has 1 aromatic heterocycles. The fourth-order valence-electron chi connectivity index (χ4n) is 2.39. The molecule has 1 heterocycles. The van der Waals surface area contributed by atoms with Crippen molar-refractivity contribution in [1.29, 1.82) is 0 Å². The van der Waals surface area contributed by atoms with Crippen molar-refractivity contribution in [3.63, 3.8) is 0 Å². The first-order valence-electron chi connectivity index (χ1n) is 7.63. The Morgan fingerprint density at radius 2 is 1.67 bits per heavy atom. The average molecular weight is 319 g/mol. The van der Waals surface area contributed by atoms with Gasteiger partial charge in [-0.3, -0.25) is 4.79 Å². The number of anilines is 1. The van der Waals surface area contributed by atoms with Gasteiger partial charge in [-0.1, -0.05) is 60.7 Å². The standard InChI is InChI=1S/C19H17N3O2/c23-18(24)13-21-19-16(11-14-7-3-1-4-8-14)22-17(12-20-19)15-9-5-2-6-10-15/h1-10,12H,11,13H2,(H,20,21)(H,23,24). The van der Waals surface area contributed by atoms with Crippen molar-refractivity contribution in [3.05, 3.63) is 78.1 Å². The van der Waals surface area contributed by atoms with E-state index in [1.54, 1.807) is 6.20 Å². The zero-order chi connectivity index (χ0) is 16.8. The summed E-state index contributed by atoms with van der Waals surface area (Å²) in [5, 5.41) is 11.7. The van der Waals surface area contributed by atoms with E-state index in [0.29, 0.717) is 12.2 Å². The normalized spacial score (nSPS) is 10.3. The molecule has 0 aliphatic rings. The zero-order valence-electron chi connectivity index (χ0n) is 13.0. The van der Waals surface area contributed by atoms with Gasteiger partial charge in [0.05, 0.1) is 17.6 Å². The van der Waals surface area contributed by atoms with E-state index in [4.69, 9.17) is 10.1 Å². The summed E-state index contributed by atoms with van der Waals surface area (Å²) >= 11 is 0. The number of carboxylic acid groups (broad SMARTS) is 1. The van der Waals surface area contributed by atoms with E-state index in [2.05, 4.69) is 10.3 Å². The number of carboxylic acids is 1. The lowest BCUT2D eigenvalue weighted by Gasteiger charge is -2.11. The second kappa shape index (κ2) is 7.37. The number of nitrogens with zero attached hydrogens (tertiary/aromatic N) is 2. The first kappa shape index (κ1) is 15.7. The van der Waals surface area contributed by atoms with E-state index < -0.39 is 5.97 Å². The van der Waals surface area contributed by atoms with Gasteiger partial charge in [0.25, 0.3) is 0 Å². The highest BCUT2D eigenvalue weighted by atomic mass is 16.4. The Morgan fingerprint density at radius 3 is 2.33 bits per heavy atom. The van der Waals surface area contributed by atoms with Crippen LogP contribution in [0.15, 0.2) is 66.9 Å². The van der Waals surface area contributed by atoms with E-state index in [1.165, 1.54) is 0 Å². The molecule has 2 aromatic carbocycles. The zero-order valence-corrected chi connectivity index (χ0v) is 13.0. The molecule has 0 radical (unpaired) electrons. The van der Waals surface area contributed by atoms with E-state index in [9.17, 15) is 4.79 Å². The highest BCUT2D eigenvalue weighted by Gasteiger charge is 2.11. The van der Waals surface area contributed by atoms with Gasteiger partial charge in [0.2, 0.25) is 0 Å². The number of carbonyl (C=O) groups is 1. The largest absolute Gasteiger partial charge is 0.480 e. The Hall–Kier alpha value is -3.21.